The molecule has 0 unspecified atom stereocenters. The van der Waals surface area contributed by atoms with Crippen LogP contribution in [-0.2, 0) is 11.2 Å². The van der Waals surface area contributed by atoms with Gasteiger partial charge in [-0.25, -0.2) is 4.39 Å². The lowest BCUT2D eigenvalue weighted by Gasteiger charge is -2.30. The van der Waals surface area contributed by atoms with Gasteiger partial charge in [0, 0.05) is 10.9 Å². The zero-order valence-corrected chi connectivity index (χ0v) is 23.4. The Labute approximate surface area is 238 Å². The van der Waals surface area contributed by atoms with E-state index in [1.165, 1.54) is 52.6 Å². The maximum atomic E-state index is 13.7. The van der Waals surface area contributed by atoms with Gasteiger partial charge in [0.15, 0.2) is 17.3 Å². The third kappa shape index (κ3) is 6.57. The first-order chi connectivity index (χ1) is 19.9. The number of likely N-dealkylation sites (tertiary alicyclic amines) is 1. The molecule has 0 atom stereocenters. The number of amides is 1. The Hall–Kier alpha value is -4.24. The summed E-state index contributed by atoms with van der Waals surface area (Å²) in [6.45, 7) is 3.51. The highest BCUT2D eigenvalue weighted by Gasteiger charge is 2.25. The molecule has 2 N–H and O–H groups in total. The van der Waals surface area contributed by atoms with Crippen molar-refractivity contribution in [2.45, 2.75) is 38.1 Å². The van der Waals surface area contributed by atoms with Crippen molar-refractivity contribution in [3.63, 3.8) is 0 Å². The topological polar surface area (TPSA) is 99.7 Å². The van der Waals surface area contributed by atoms with Crippen molar-refractivity contribution in [1.82, 2.24) is 14.7 Å². The van der Waals surface area contributed by atoms with E-state index >= 15 is 0 Å². The molecule has 4 aromatic rings. The van der Waals surface area contributed by atoms with E-state index in [-0.39, 0.29) is 11.6 Å². The number of nitrogens with zero attached hydrogens (tertiary/aromatic N) is 3. The van der Waals surface area contributed by atoms with Crippen molar-refractivity contribution in [3.8, 4) is 22.6 Å². The summed E-state index contributed by atoms with van der Waals surface area (Å²) in [6.07, 6.45) is 7.50. The average Bonchev–Trinajstić information content (AvgIpc) is 3.72. The maximum Gasteiger partial charge on any atom is 0.289 e. The number of hydrogen-bond acceptors (Lipinski definition) is 6. The predicted octanol–water partition coefficient (Wildman–Crippen LogP) is 5.19. The second-order valence-electron chi connectivity index (χ2n) is 10.5. The number of fused-ring (bicyclic) bond motifs is 1. The molecule has 1 saturated carbocycles. The van der Waals surface area contributed by atoms with Crippen LogP contribution in [0.4, 0.5) is 4.39 Å². The number of carbonyl (C=O) groups is 2. The molecule has 1 saturated heterocycles. The number of carbonyl (C=O) groups excluding carboxylic acids is 2. The van der Waals surface area contributed by atoms with E-state index in [1.54, 1.807) is 12.1 Å². The number of rotatable bonds is 10. The lowest BCUT2D eigenvalue weighted by atomic mass is 10.0. The number of ether oxygens (including phenoxy) is 2. The van der Waals surface area contributed by atoms with Gasteiger partial charge >= 0.3 is 0 Å². The van der Waals surface area contributed by atoms with E-state index in [4.69, 9.17) is 15.2 Å². The summed E-state index contributed by atoms with van der Waals surface area (Å²) in [7, 11) is 2.98. The van der Waals surface area contributed by atoms with Crippen LogP contribution >= 0.6 is 0 Å². The quantitative estimate of drug-likeness (QED) is 0.213. The molecule has 0 radical (unpaired) electrons. The standard InChI is InChI=1S/C18H15N3O2.C14H20FNO2/c19-18(23)17(22)12-3-1-11(2-4-12)13-5-6-14-10-20-21(15-7-8-15)16(14)9-13;1-17-13-10-11(9-12(15)14(13)18-2)5-3-6-16-7-4-8-16/h1-6,9-10,15H,7-8H2,(H2,19,23);9-10H,3-8H2,1-2H3. The minimum Gasteiger partial charge on any atom is -0.493 e. The van der Waals surface area contributed by atoms with Gasteiger partial charge in [-0.15, -0.1) is 0 Å². The van der Waals surface area contributed by atoms with Gasteiger partial charge in [0.2, 0.25) is 5.78 Å². The summed E-state index contributed by atoms with van der Waals surface area (Å²) in [5.74, 6) is -1.30. The minimum absolute atomic E-state index is 0.184. The highest BCUT2D eigenvalue weighted by Crippen LogP contribution is 2.37. The fraction of sp³-hybridized carbons (Fsp3) is 0.344. The van der Waals surface area contributed by atoms with Crippen LogP contribution in [0.25, 0.3) is 22.0 Å². The summed E-state index contributed by atoms with van der Waals surface area (Å²) in [5.41, 5.74) is 9.46. The third-order valence-corrected chi connectivity index (χ3v) is 7.58. The van der Waals surface area contributed by atoms with Crippen LogP contribution in [0.15, 0.2) is 60.8 Å². The van der Waals surface area contributed by atoms with Gasteiger partial charge in [0.05, 0.1) is 32.0 Å². The molecule has 41 heavy (non-hydrogen) atoms. The first-order valence-corrected chi connectivity index (χ1v) is 13.9. The molecule has 1 amide bonds. The highest BCUT2D eigenvalue weighted by molar-refractivity contribution is 6.42. The fourth-order valence-electron chi connectivity index (χ4n) is 5.01. The molecule has 6 rings (SSSR count). The molecule has 8 nitrogen and oxygen atoms in total. The number of Topliss-reactive ketones (excluding diaryl/α,β-unsaturated/α-hetero) is 1. The summed E-state index contributed by atoms with van der Waals surface area (Å²) in [5, 5.41) is 5.60. The van der Waals surface area contributed by atoms with E-state index in [0.29, 0.717) is 17.4 Å². The Bertz CT molecular complexity index is 1540. The molecule has 1 aliphatic heterocycles. The van der Waals surface area contributed by atoms with Crippen LogP contribution in [0.5, 0.6) is 11.5 Å². The van der Waals surface area contributed by atoms with Crippen LogP contribution in [0.3, 0.4) is 0 Å². The van der Waals surface area contributed by atoms with Gasteiger partial charge in [0.1, 0.15) is 0 Å². The number of methoxy groups -OCH3 is 2. The zero-order chi connectivity index (χ0) is 28.9. The Morgan fingerprint density at radius 2 is 1.73 bits per heavy atom. The number of aryl methyl sites for hydroxylation is 1. The first-order valence-electron chi connectivity index (χ1n) is 13.9. The number of primary amides is 1. The van der Waals surface area contributed by atoms with E-state index < -0.39 is 11.7 Å². The average molecular weight is 559 g/mol. The molecule has 9 heteroatoms. The van der Waals surface area contributed by atoms with Gasteiger partial charge in [-0.05, 0) is 86.6 Å². The molecule has 0 bridgehead atoms. The minimum atomic E-state index is -0.937. The molecule has 0 spiro atoms. The van der Waals surface area contributed by atoms with Crippen LogP contribution in [0.2, 0.25) is 0 Å². The van der Waals surface area contributed by atoms with Gasteiger partial charge in [-0.3, -0.25) is 14.3 Å². The van der Waals surface area contributed by atoms with E-state index in [2.05, 4.69) is 26.8 Å². The molecule has 2 fully saturated rings. The molecular formula is C32H35FN4O4. The van der Waals surface area contributed by atoms with Crippen molar-refractivity contribution in [3.05, 3.63) is 77.7 Å². The van der Waals surface area contributed by atoms with Crippen LogP contribution in [0.1, 0.15) is 47.6 Å². The Morgan fingerprint density at radius 1 is 1.00 bits per heavy atom. The van der Waals surface area contributed by atoms with Crippen molar-refractivity contribution in [2.24, 2.45) is 5.73 Å². The largest absolute Gasteiger partial charge is 0.493 e. The lowest BCUT2D eigenvalue weighted by molar-refractivity contribution is -0.114. The van der Waals surface area contributed by atoms with Gasteiger partial charge in [0.25, 0.3) is 5.91 Å². The number of ketones is 1. The van der Waals surface area contributed by atoms with Crippen molar-refractivity contribution in [1.29, 1.82) is 0 Å². The normalized spacial score (nSPS) is 14.6. The van der Waals surface area contributed by atoms with Crippen LogP contribution in [0, 0.1) is 5.82 Å². The number of hydrogen-bond donors (Lipinski definition) is 1. The van der Waals surface area contributed by atoms with Crippen LogP contribution < -0.4 is 15.2 Å². The van der Waals surface area contributed by atoms with Gasteiger partial charge in [-0.2, -0.15) is 5.10 Å². The monoisotopic (exact) mass is 558 g/mol. The molecule has 3 aromatic carbocycles. The molecule has 1 aliphatic carbocycles. The molecule has 2 aliphatic rings. The summed E-state index contributed by atoms with van der Waals surface area (Å²) < 4.78 is 26.0. The predicted molar refractivity (Wildman–Crippen MR) is 156 cm³/mol. The second-order valence-corrected chi connectivity index (χ2v) is 10.5. The van der Waals surface area contributed by atoms with E-state index in [0.717, 1.165) is 47.0 Å². The van der Waals surface area contributed by atoms with Gasteiger partial charge < -0.3 is 20.1 Å². The number of benzene rings is 3. The number of nitrogens with two attached hydrogens (primary N) is 1. The van der Waals surface area contributed by atoms with Crippen molar-refractivity contribution >= 4 is 22.6 Å². The molecule has 1 aromatic heterocycles. The first kappa shape index (κ1) is 28.3. The van der Waals surface area contributed by atoms with Crippen molar-refractivity contribution < 1.29 is 23.5 Å². The van der Waals surface area contributed by atoms with E-state index in [1.807, 2.05) is 30.5 Å². The van der Waals surface area contributed by atoms with Gasteiger partial charge in [-0.1, -0.05) is 36.4 Å². The summed E-state index contributed by atoms with van der Waals surface area (Å²) >= 11 is 0. The lowest BCUT2D eigenvalue weighted by Crippen LogP contribution is -2.37. The zero-order valence-electron chi connectivity index (χ0n) is 23.4. The smallest absolute Gasteiger partial charge is 0.289 e. The molecule has 214 valence electrons. The Morgan fingerprint density at radius 3 is 2.34 bits per heavy atom. The molecule has 2 heterocycles. The molecular weight excluding hydrogens is 523 g/mol. The SMILES string of the molecule is COc1cc(CCCN2CCC2)cc(F)c1OC.NC(=O)C(=O)c1ccc(-c2ccc3cnn(C4CC4)c3c2)cc1. The third-order valence-electron chi connectivity index (χ3n) is 7.58. The Balaban J connectivity index is 0.000000170. The Kier molecular flexibility index (Phi) is 8.64. The second kappa shape index (κ2) is 12.5. The summed E-state index contributed by atoms with van der Waals surface area (Å²) in [6, 6.07) is 17.0. The summed E-state index contributed by atoms with van der Waals surface area (Å²) in [4.78, 5) is 24.9. The number of aromatic nitrogens is 2. The van der Waals surface area contributed by atoms with E-state index in [9.17, 15) is 14.0 Å². The maximum absolute atomic E-state index is 13.7. The van der Waals surface area contributed by atoms with Crippen LogP contribution in [-0.4, -0.2) is 60.2 Å². The fourth-order valence-corrected chi connectivity index (χ4v) is 5.01. The number of halogens is 1. The highest BCUT2D eigenvalue weighted by atomic mass is 19.1. The van der Waals surface area contributed by atoms with Crippen molar-refractivity contribution in [2.75, 3.05) is 33.9 Å².